The Morgan fingerprint density at radius 2 is 1.43 bits per heavy atom. The third kappa shape index (κ3) is 2.82. The van der Waals surface area contributed by atoms with Gasteiger partial charge in [0.1, 0.15) is 0 Å². The van der Waals surface area contributed by atoms with E-state index in [0.717, 1.165) is 22.8 Å². The number of aromatic nitrogens is 1. The van der Waals surface area contributed by atoms with Crippen LogP contribution in [0.25, 0.3) is 17.5 Å². The second-order valence-electron chi connectivity index (χ2n) is 4.53. The van der Waals surface area contributed by atoms with E-state index in [1.165, 1.54) is 0 Å². The zero-order chi connectivity index (χ0) is 14.5. The van der Waals surface area contributed by atoms with E-state index in [4.69, 9.17) is 0 Å². The molecule has 0 fully saturated rings. The third-order valence-electron chi connectivity index (χ3n) is 3.17. The molecule has 0 amide bonds. The minimum Gasteiger partial charge on any atom is -0.300 e. The average molecular weight is 273 g/mol. The largest absolute Gasteiger partial charge is 0.300 e. The van der Waals surface area contributed by atoms with Crippen LogP contribution < -0.4 is 0 Å². The van der Waals surface area contributed by atoms with E-state index in [9.17, 15) is 0 Å². The summed E-state index contributed by atoms with van der Waals surface area (Å²) in [5.74, 6) is 0.757. The van der Waals surface area contributed by atoms with Gasteiger partial charge >= 0.3 is 0 Å². The van der Waals surface area contributed by atoms with Crippen LogP contribution in [-0.4, -0.2) is 4.57 Å². The summed E-state index contributed by atoms with van der Waals surface area (Å²) in [7, 11) is 0. The highest BCUT2D eigenvalue weighted by Gasteiger charge is 2.06. The Bertz CT molecular complexity index is 756. The molecule has 0 atom stereocenters. The second kappa shape index (κ2) is 6.01. The Labute approximate surface area is 123 Å². The van der Waals surface area contributed by atoms with Crippen LogP contribution in [-0.2, 0) is 0 Å². The molecular formula is C18H15N3. The van der Waals surface area contributed by atoms with Crippen molar-refractivity contribution < 1.29 is 0 Å². The Morgan fingerprint density at radius 3 is 2.10 bits per heavy atom. The molecule has 0 spiro atoms. The molecule has 102 valence electrons. The Kier molecular flexibility index (Phi) is 3.74. The highest BCUT2D eigenvalue weighted by Crippen LogP contribution is 2.28. The van der Waals surface area contributed by atoms with Crippen LogP contribution in [0.3, 0.4) is 0 Å². The molecule has 2 aromatic carbocycles. The summed E-state index contributed by atoms with van der Waals surface area (Å²) in [4.78, 5) is 0. The van der Waals surface area contributed by atoms with Gasteiger partial charge in [0.2, 0.25) is 0 Å². The first-order valence-electron chi connectivity index (χ1n) is 6.74. The van der Waals surface area contributed by atoms with Crippen LogP contribution in [0.2, 0.25) is 0 Å². The number of benzene rings is 2. The van der Waals surface area contributed by atoms with Gasteiger partial charge in [-0.15, -0.1) is 10.2 Å². The molecule has 0 aliphatic rings. The molecule has 3 nitrogen and oxygen atoms in total. The quantitative estimate of drug-likeness (QED) is 0.548. The molecule has 0 saturated carbocycles. The highest BCUT2D eigenvalue weighted by atomic mass is 15.2. The standard InChI is InChI=1S/C18H15N3/c1-2-21-17(15-9-5-3-6-10-15)13-14-18(21)20-19-16-11-7-4-8-12-16/h2-14H,1H2. The molecule has 3 rings (SSSR count). The summed E-state index contributed by atoms with van der Waals surface area (Å²) in [5.41, 5.74) is 3.00. The topological polar surface area (TPSA) is 29.6 Å². The van der Waals surface area contributed by atoms with Gasteiger partial charge in [-0.1, -0.05) is 55.1 Å². The van der Waals surface area contributed by atoms with E-state index in [0.29, 0.717) is 0 Å². The van der Waals surface area contributed by atoms with Gasteiger partial charge < -0.3 is 4.57 Å². The summed E-state index contributed by atoms with van der Waals surface area (Å²) >= 11 is 0. The average Bonchev–Trinajstić information content (AvgIpc) is 2.97. The number of rotatable bonds is 4. The molecule has 21 heavy (non-hydrogen) atoms. The predicted octanol–water partition coefficient (Wildman–Crippen LogP) is 5.67. The number of hydrogen-bond acceptors (Lipinski definition) is 2. The Hall–Kier alpha value is -2.94. The van der Waals surface area contributed by atoms with Crippen molar-refractivity contribution in [3.63, 3.8) is 0 Å². The fourth-order valence-electron chi connectivity index (χ4n) is 2.16. The molecule has 0 N–H and O–H groups in total. The van der Waals surface area contributed by atoms with Gasteiger partial charge in [-0.3, -0.25) is 0 Å². The van der Waals surface area contributed by atoms with Crippen molar-refractivity contribution in [2.45, 2.75) is 0 Å². The van der Waals surface area contributed by atoms with Crippen LogP contribution in [0, 0.1) is 0 Å². The van der Waals surface area contributed by atoms with Crippen molar-refractivity contribution in [2.75, 3.05) is 0 Å². The van der Waals surface area contributed by atoms with E-state index >= 15 is 0 Å². The van der Waals surface area contributed by atoms with Crippen molar-refractivity contribution in [3.05, 3.63) is 79.4 Å². The molecule has 0 saturated heterocycles. The van der Waals surface area contributed by atoms with Crippen LogP contribution >= 0.6 is 0 Å². The van der Waals surface area contributed by atoms with E-state index in [1.54, 1.807) is 6.20 Å². The predicted molar refractivity (Wildman–Crippen MR) is 86.9 cm³/mol. The van der Waals surface area contributed by atoms with E-state index in [1.807, 2.05) is 65.2 Å². The number of nitrogens with zero attached hydrogens (tertiary/aromatic N) is 3. The highest BCUT2D eigenvalue weighted by molar-refractivity contribution is 5.66. The van der Waals surface area contributed by atoms with Crippen molar-refractivity contribution in [1.82, 2.24) is 4.57 Å². The van der Waals surface area contributed by atoms with Crippen LogP contribution in [0.5, 0.6) is 0 Å². The van der Waals surface area contributed by atoms with E-state index in [-0.39, 0.29) is 0 Å². The lowest BCUT2D eigenvalue weighted by atomic mass is 10.1. The van der Waals surface area contributed by atoms with Gasteiger partial charge in [-0.05, 0) is 29.8 Å². The minimum absolute atomic E-state index is 0.757. The second-order valence-corrected chi connectivity index (χ2v) is 4.53. The first kappa shape index (κ1) is 13.1. The molecule has 0 aliphatic heterocycles. The monoisotopic (exact) mass is 273 g/mol. The SMILES string of the molecule is C=Cn1c(N=Nc2ccccc2)ccc1-c1ccccc1. The maximum absolute atomic E-state index is 4.31. The third-order valence-corrected chi connectivity index (χ3v) is 3.17. The van der Waals surface area contributed by atoms with Crippen molar-refractivity contribution >= 4 is 17.7 Å². The number of azo groups is 1. The van der Waals surface area contributed by atoms with Crippen molar-refractivity contribution in [3.8, 4) is 11.3 Å². The first-order valence-corrected chi connectivity index (χ1v) is 6.74. The normalized spacial score (nSPS) is 10.9. The Morgan fingerprint density at radius 1 is 0.762 bits per heavy atom. The zero-order valence-corrected chi connectivity index (χ0v) is 11.6. The van der Waals surface area contributed by atoms with E-state index < -0.39 is 0 Å². The van der Waals surface area contributed by atoms with Gasteiger partial charge in [-0.2, -0.15) is 0 Å². The summed E-state index contributed by atoms with van der Waals surface area (Å²) < 4.78 is 1.93. The number of hydrogen-bond donors (Lipinski definition) is 0. The van der Waals surface area contributed by atoms with Crippen LogP contribution in [0.15, 0.2) is 89.6 Å². The van der Waals surface area contributed by atoms with Crippen molar-refractivity contribution in [1.29, 1.82) is 0 Å². The minimum atomic E-state index is 0.757. The van der Waals surface area contributed by atoms with Crippen molar-refractivity contribution in [2.24, 2.45) is 10.2 Å². The molecular weight excluding hydrogens is 258 g/mol. The van der Waals surface area contributed by atoms with E-state index in [2.05, 4.69) is 28.9 Å². The zero-order valence-electron chi connectivity index (χ0n) is 11.6. The summed E-state index contributed by atoms with van der Waals surface area (Å²) in [5, 5.41) is 8.56. The Balaban J connectivity index is 1.96. The molecule has 3 heteroatoms. The fraction of sp³-hybridized carbons (Fsp3) is 0. The maximum atomic E-state index is 4.31. The summed E-state index contributed by atoms with van der Waals surface area (Å²) in [6, 6.07) is 23.8. The molecule has 0 radical (unpaired) electrons. The van der Waals surface area contributed by atoms with Gasteiger partial charge in [0.25, 0.3) is 0 Å². The van der Waals surface area contributed by atoms with Gasteiger partial charge in [0.05, 0.1) is 11.4 Å². The lowest BCUT2D eigenvalue weighted by Gasteiger charge is -2.05. The van der Waals surface area contributed by atoms with Crippen LogP contribution in [0.1, 0.15) is 0 Å². The lowest BCUT2D eigenvalue weighted by Crippen LogP contribution is -1.88. The molecule has 1 heterocycles. The van der Waals surface area contributed by atoms with Crippen LogP contribution in [0.4, 0.5) is 11.5 Å². The molecule has 0 unspecified atom stereocenters. The lowest BCUT2D eigenvalue weighted by molar-refractivity contribution is 1.09. The smallest absolute Gasteiger partial charge is 0.159 e. The van der Waals surface area contributed by atoms with Gasteiger partial charge in [-0.25, -0.2) is 0 Å². The molecule has 0 bridgehead atoms. The summed E-state index contributed by atoms with van der Waals surface area (Å²) in [6.07, 6.45) is 1.75. The van der Waals surface area contributed by atoms with Gasteiger partial charge in [0, 0.05) is 6.20 Å². The van der Waals surface area contributed by atoms with Gasteiger partial charge in [0.15, 0.2) is 5.82 Å². The molecule has 1 aromatic heterocycles. The molecule has 0 aliphatic carbocycles. The summed E-state index contributed by atoms with van der Waals surface area (Å²) in [6.45, 7) is 3.87. The first-order chi connectivity index (χ1) is 10.4. The maximum Gasteiger partial charge on any atom is 0.159 e. The fourth-order valence-corrected chi connectivity index (χ4v) is 2.16. The molecule has 3 aromatic rings.